The Kier molecular flexibility index (Phi) is 6.33. The van der Waals surface area contributed by atoms with Crippen LogP contribution < -0.4 is 11.1 Å². The summed E-state index contributed by atoms with van der Waals surface area (Å²) in [7, 11) is 0. The molecule has 1 amide bonds. The Hall–Kier alpha value is -3.27. The van der Waals surface area contributed by atoms with Crippen molar-refractivity contribution in [2.24, 2.45) is 5.73 Å². The maximum absolute atomic E-state index is 12.4. The molecule has 0 fully saturated rings. The van der Waals surface area contributed by atoms with Gasteiger partial charge in [-0.3, -0.25) is 4.79 Å². The Labute approximate surface area is 178 Å². The van der Waals surface area contributed by atoms with Gasteiger partial charge in [-0.1, -0.05) is 66.7 Å². The molecule has 0 spiro atoms. The van der Waals surface area contributed by atoms with Gasteiger partial charge in [0.05, 0.1) is 6.54 Å². The minimum atomic E-state index is 0.0635. The van der Waals surface area contributed by atoms with E-state index in [2.05, 4.69) is 83.2 Å². The molecule has 0 saturated heterocycles. The van der Waals surface area contributed by atoms with Gasteiger partial charge in [0.2, 0.25) is 5.91 Å². The van der Waals surface area contributed by atoms with Gasteiger partial charge in [0.15, 0.2) is 0 Å². The van der Waals surface area contributed by atoms with Crippen LogP contribution in [0.5, 0.6) is 0 Å². The summed E-state index contributed by atoms with van der Waals surface area (Å²) >= 11 is 0. The Bertz CT molecular complexity index is 921. The monoisotopic (exact) mass is 399 g/mol. The molecule has 2 aliphatic rings. The molecule has 1 aliphatic heterocycles. The summed E-state index contributed by atoms with van der Waals surface area (Å²) in [5.41, 5.74) is 11.9. The average molecular weight is 400 g/mol. The van der Waals surface area contributed by atoms with E-state index in [0.29, 0.717) is 19.0 Å². The highest BCUT2D eigenvalue weighted by molar-refractivity contribution is 5.78. The van der Waals surface area contributed by atoms with Gasteiger partial charge < -0.3 is 16.0 Å². The Morgan fingerprint density at radius 2 is 1.70 bits per heavy atom. The quantitative estimate of drug-likeness (QED) is 0.658. The van der Waals surface area contributed by atoms with Crippen LogP contribution in [0.15, 0.2) is 95.9 Å². The fourth-order valence-corrected chi connectivity index (χ4v) is 4.29. The number of carbonyl (C=O) groups is 1. The van der Waals surface area contributed by atoms with E-state index >= 15 is 0 Å². The average Bonchev–Trinajstić information content (AvgIpc) is 3.19. The van der Waals surface area contributed by atoms with E-state index in [4.69, 9.17) is 5.73 Å². The smallest absolute Gasteiger partial charge is 0.239 e. The van der Waals surface area contributed by atoms with Crippen LogP contribution in [0.4, 0.5) is 0 Å². The van der Waals surface area contributed by atoms with E-state index < -0.39 is 0 Å². The molecule has 30 heavy (non-hydrogen) atoms. The van der Waals surface area contributed by atoms with E-state index in [0.717, 1.165) is 31.5 Å². The predicted octanol–water partition coefficient (Wildman–Crippen LogP) is 4.09. The predicted molar refractivity (Wildman–Crippen MR) is 122 cm³/mol. The normalized spacial score (nSPS) is 15.4. The van der Waals surface area contributed by atoms with Crippen LogP contribution in [0.1, 0.15) is 36.3 Å². The minimum absolute atomic E-state index is 0.0635. The van der Waals surface area contributed by atoms with Crippen LogP contribution in [0.25, 0.3) is 0 Å². The summed E-state index contributed by atoms with van der Waals surface area (Å²) in [6.45, 7) is 1.79. The van der Waals surface area contributed by atoms with Crippen LogP contribution in [0.3, 0.4) is 0 Å². The van der Waals surface area contributed by atoms with E-state index in [1.807, 2.05) is 6.08 Å². The molecule has 0 aromatic heterocycles. The topological polar surface area (TPSA) is 58.4 Å². The second kappa shape index (κ2) is 9.49. The number of fused-ring (bicyclic) bond motifs is 1. The van der Waals surface area contributed by atoms with Crippen molar-refractivity contribution in [1.29, 1.82) is 0 Å². The van der Waals surface area contributed by atoms with E-state index in [1.54, 1.807) is 0 Å². The summed E-state index contributed by atoms with van der Waals surface area (Å²) in [6, 6.07) is 21.2. The van der Waals surface area contributed by atoms with Crippen molar-refractivity contribution in [2.45, 2.75) is 25.2 Å². The first-order valence-corrected chi connectivity index (χ1v) is 10.7. The molecule has 0 saturated carbocycles. The molecular weight excluding hydrogens is 370 g/mol. The zero-order valence-corrected chi connectivity index (χ0v) is 17.3. The van der Waals surface area contributed by atoms with Gasteiger partial charge in [0, 0.05) is 30.9 Å². The third-order valence-electron chi connectivity index (χ3n) is 5.81. The van der Waals surface area contributed by atoms with Crippen LogP contribution in [-0.4, -0.2) is 30.4 Å². The summed E-state index contributed by atoms with van der Waals surface area (Å²) in [6.07, 6.45) is 8.94. The maximum Gasteiger partial charge on any atom is 0.239 e. The number of hydrogen-bond acceptors (Lipinski definition) is 3. The fourth-order valence-electron chi connectivity index (χ4n) is 4.29. The zero-order valence-electron chi connectivity index (χ0n) is 17.3. The number of carbonyl (C=O) groups excluding carboxylic acids is 1. The summed E-state index contributed by atoms with van der Waals surface area (Å²) in [5, 5.41) is 3.09. The highest BCUT2D eigenvalue weighted by Crippen LogP contribution is 2.30. The van der Waals surface area contributed by atoms with Crippen molar-refractivity contribution in [3.05, 3.63) is 107 Å². The largest absolute Gasteiger partial charge is 0.398 e. The standard InChI is InChI=1S/C26H29N3O/c27-25-15-7-13-22-17-29(18-24(22)25)19-26(30)28-16-8-14-23(20-9-3-1-4-10-20)21-11-5-2-6-12-21/h1-7,9-12,15,17,23H,8,13-14,16,18-19,27H2,(H,28,30). The summed E-state index contributed by atoms with van der Waals surface area (Å²) < 4.78 is 0. The van der Waals surface area contributed by atoms with Crippen molar-refractivity contribution in [2.75, 3.05) is 19.6 Å². The summed E-state index contributed by atoms with van der Waals surface area (Å²) in [4.78, 5) is 14.5. The molecule has 4 rings (SSSR count). The number of amides is 1. The number of nitrogens with one attached hydrogen (secondary N) is 1. The minimum Gasteiger partial charge on any atom is -0.398 e. The molecule has 2 aromatic rings. The van der Waals surface area contributed by atoms with Crippen molar-refractivity contribution < 1.29 is 4.79 Å². The molecule has 1 aliphatic carbocycles. The lowest BCUT2D eigenvalue weighted by Gasteiger charge is -2.19. The molecule has 2 aromatic carbocycles. The third-order valence-corrected chi connectivity index (χ3v) is 5.81. The number of nitrogens with zero attached hydrogens (tertiary/aromatic N) is 1. The van der Waals surface area contributed by atoms with Crippen molar-refractivity contribution in [3.8, 4) is 0 Å². The molecule has 0 atom stereocenters. The second-order valence-electron chi connectivity index (χ2n) is 7.97. The van der Waals surface area contributed by atoms with Gasteiger partial charge in [0.1, 0.15) is 0 Å². The molecule has 0 bridgehead atoms. The van der Waals surface area contributed by atoms with Gasteiger partial charge in [-0.2, -0.15) is 0 Å². The number of rotatable bonds is 8. The lowest BCUT2D eigenvalue weighted by Crippen LogP contribution is -2.34. The van der Waals surface area contributed by atoms with Gasteiger partial charge in [-0.25, -0.2) is 0 Å². The van der Waals surface area contributed by atoms with Crippen LogP contribution >= 0.6 is 0 Å². The fraction of sp³-hybridized carbons (Fsp3) is 0.269. The highest BCUT2D eigenvalue weighted by Gasteiger charge is 2.22. The lowest BCUT2D eigenvalue weighted by atomic mass is 9.87. The van der Waals surface area contributed by atoms with Crippen LogP contribution in [0, 0.1) is 0 Å². The van der Waals surface area contributed by atoms with E-state index in [9.17, 15) is 4.79 Å². The number of hydrogen-bond donors (Lipinski definition) is 2. The highest BCUT2D eigenvalue weighted by atomic mass is 16.2. The molecular formula is C26H29N3O. The lowest BCUT2D eigenvalue weighted by molar-refractivity contribution is -0.121. The van der Waals surface area contributed by atoms with Crippen molar-refractivity contribution in [1.82, 2.24) is 10.2 Å². The van der Waals surface area contributed by atoms with Gasteiger partial charge >= 0.3 is 0 Å². The van der Waals surface area contributed by atoms with Gasteiger partial charge in [-0.05, 0) is 47.6 Å². The second-order valence-corrected chi connectivity index (χ2v) is 7.97. The summed E-state index contributed by atoms with van der Waals surface area (Å²) in [5.74, 6) is 0.409. The molecule has 0 unspecified atom stereocenters. The zero-order chi connectivity index (χ0) is 20.8. The Morgan fingerprint density at radius 3 is 2.33 bits per heavy atom. The Balaban J connectivity index is 1.27. The Morgan fingerprint density at radius 1 is 1.03 bits per heavy atom. The first-order valence-electron chi connectivity index (χ1n) is 10.7. The van der Waals surface area contributed by atoms with Gasteiger partial charge in [0.25, 0.3) is 0 Å². The van der Waals surface area contributed by atoms with Gasteiger partial charge in [-0.15, -0.1) is 0 Å². The maximum atomic E-state index is 12.4. The number of benzene rings is 2. The first kappa shape index (κ1) is 20.0. The molecule has 3 N–H and O–H groups in total. The molecule has 154 valence electrons. The first-order chi connectivity index (χ1) is 14.7. The number of nitrogens with two attached hydrogens (primary N) is 1. The van der Waals surface area contributed by atoms with E-state index in [-0.39, 0.29) is 5.91 Å². The number of allylic oxidation sites excluding steroid dienone is 2. The third kappa shape index (κ3) is 4.82. The van der Waals surface area contributed by atoms with Crippen molar-refractivity contribution in [3.63, 3.8) is 0 Å². The molecule has 1 heterocycles. The molecule has 4 nitrogen and oxygen atoms in total. The SMILES string of the molecule is NC1=C2CN(CC(=O)NCCCC(c3ccccc3)c3ccccc3)C=C2CC=C1. The van der Waals surface area contributed by atoms with E-state index in [1.165, 1.54) is 22.3 Å². The van der Waals surface area contributed by atoms with Crippen LogP contribution in [-0.2, 0) is 4.79 Å². The van der Waals surface area contributed by atoms with Crippen LogP contribution in [0.2, 0.25) is 0 Å². The molecule has 0 radical (unpaired) electrons. The van der Waals surface area contributed by atoms with Crippen molar-refractivity contribution >= 4 is 5.91 Å². The molecule has 4 heteroatoms.